The van der Waals surface area contributed by atoms with Crippen molar-refractivity contribution >= 4 is 27.1 Å². The number of ketones is 1. The molecule has 0 radical (unpaired) electrons. The van der Waals surface area contributed by atoms with Gasteiger partial charge in [-0.05, 0) is 30.5 Å². The number of carbonyl (C=O) groups is 1. The molecule has 1 aliphatic heterocycles. The fourth-order valence-electron chi connectivity index (χ4n) is 2.77. The zero-order chi connectivity index (χ0) is 18.0. The highest BCUT2D eigenvalue weighted by atomic mass is 32.2. The van der Waals surface area contributed by atoms with Crippen LogP contribution in [0.1, 0.15) is 21.7 Å². The molecule has 0 amide bonds. The van der Waals surface area contributed by atoms with E-state index in [1.807, 2.05) is 6.92 Å². The van der Waals surface area contributed by atoms with Gasteiger partial charge in [0.2, 0.25) is 10.0 Å². The summed E-state index contributed by atoms with van der Waals surface area (Å²) in [5.74, 6) is -0.178. The average molecular weight is 381 g/mol. The van der Waals surface area contributed by atoms with Gasteiger partial charge in [-0.15, -0.1) is 11.3 Å². The third-order valence-corrected chi connectivity index (χ3v) is 6.96. The Morgan fingerprint density at radius 3 is 2.64 bits per heavy atom. The quantitative estimate of drug-likeness (QED) is 0.774. The number of aliphatic hydroxyl groups excluding tert-OH is 1. The third-order valence-electron chi connectivity index (χ3n) is 4.09. The maximum atomic E-state index is 13.0. The van der Waals surface area contributed by atoms with Crippen LogP contribution in [0, 0.1) is 6.92 Å². The van der Waals surface area contributed by atoms with E-state index in [0.717, 1.165) is 9.87 Å². The molecule has 0 bridgehead atoms. The molecule has 2 atom stereocenters. The van der Waals surface area contributed by atoms with Gasteiger partial charge < -0.3 is 9.84 Å². The van der Waals surface area contributed by atoms with Crippen LogP contribution in [0.4, 0.5) is 0 Å². The van der Waals surface area contributed by atoms with Crippen LogP contribution in [-0.4, -0.2) is 49.1 Å². The Balaban J connectivity index is 1.89. The lowest BCUT2D eigenvalue weighted by Gasteiger charge is -2.26. The molecule has 3 rings (SSSR count). The fraction of sp³-hybridized carbons (Fsp3) is 0.353. The molecule has 134 valence electrons. The number of Topliss-reactive ketones (excluding diaryl/α,β-unsaturated/α-hetero) is 1. The number of rotatable bonds is 6. The predicted molar refractivity (Wildman–Crippen MR) is 94.1 cm³/mol. The van der Waals surface area contributed by atoms with Gasteiger partial charge >= 0.3 is 0 Å². The molecule has 1 saturated heterocycles. The van der Waals surface area contributed by atoms with E-state index >= 15 is 0 Å². The van der Waals surface area contributed by atoms with E-state index in [4.69, 9.17) is 4.74 Å². The maximum absolute atomic E-state index is 13.0. The van der Waals surface area contributed by atoms with Gasteiger partial charge in [0.1, 0.15) is 6.23 Å². The summed E-state index contributed by atoms with van der Waals surface area (Å²) < 4.78 is 32.7. The van der Waals surface area contributed by atoms with Crippen LogP contribution < -0.4 is 0 Å². The van der Waals surface area contributed by atoms with Crippen LogP contribution >= 0.6 is 11.3 Å². The molecule has 8 heteroatoms. The summed E-state index contributed by atoms with van der Waals surface area (Å²) in [7, 11) is -3.88. The molecule has 0 unspecified atom stereocenters. The number of sulfonamides is 1. The van der Waals surface area contributed by atoms with Crippen LogP contribution in [0.5, 0.6) is 0 Å². The lowest BCUT2D eigenvalue weighted by molar-refractivity contribution is 0.0538. The summed E-state index contributed by atoms with van der Waals surface area (Å²) in [6.07, 6.45) is -1.000. The van der Waals surface area contributed by atoms with E-state index in [9.17, 15) is 18.3 Å². The van der Waals surface area contributed by atoms with Crippen molar-refractivity contribution in [3.8, 4) is 0 Å². The summed E-state index contributed by atoms with van der Waals surface area (Å²) in [4.78, 5) is 13.0. The molecule has 25 heavy (non-hydrogen) atoms. The molecule has 0 aliphatic carbocycles. The Bertz CT molecular complexity index is 830. The van der Waals surface area contributed by atoms with Crippen molar-refractivity contribution in [3.05, 3.63) is 52.2 Å². The van der Waals surface area contributed by atoms with E-state index in [2.05, 4.69) is 0 Å². The normalized spacial score (nSPS) is 21.5. The molecule has 1 aromatic carbocycles. The van der Waals surface area contributed by atoms with Crippen molar-refractivity contribution in [3.63, 3.8) is 0 Å². The lowest BCUT2D eigenvalue weighted by atomic mass is 10.2. The van der Waals surface area contributed by atoms with Crippen molar-refractivity contribution in [1.82, 2.24) is 4.31 Å². The third kappa shape index (κ3) is 3.68. The highest BCUT2D eigenvalue weighted by Crippen LogP contribution is 2.29. The molecule has 1 N–H and O–H groups in total. The summed E-state index contributed by atoms with van der Waals surface area (Å²) >= 11 is 1.31. The molecule has 1 fully saturated rings. The fourth-order valence-corrected chi connectivity index (χ4v) is 5.13. The maximum Gasteiger partial charge on any atom is 0.245 e. The average Bonchev–Trinajstić information content (AvgIpc) is 3.25. The second-order valence-electron chi connectivity index (χ2n) is 5.88. The zero-order valence-electron chi connectivity index (χ0n) is 13.7. The molecule has 0 spiro atoms. The van der Waals surface area contributed by atoms with E-state index < -0.39 is 22.3 Å². The SMILES string of the molecule is Cc1ccc(S(=O)(=O)N2[C@@H](CO)CO[C@H]2CC(=O)c2cccs2)cc1. The first-order valence-electron chi connectivity index (χ1n) is 7.83. The smallest absolute Gasteiger partial charge is 0.245 e. The van der Waals surface area contributed by atoms with E-state index in [1.54, 1.807) is 29.6 Å². The number of hydrogen-bond donors (Lipinski definition) is 1. The van der Waals surface area contributed by atoms with Gasteiger partial charge in [-0.2, -0.15) is 4.31 Å². The van der Waals surface area contributed by atoms with Gasteiger partial charge in [0.05, 0.1) is 35.4 Å². The molecule has 0 saturated carbocycles. The number of benzene rings is 1. The first kappa shape index (κ1) is 18.2. The van der Waals surface area contributed by atoms with Gasteiger partial charge in [0.25, 0.3) is 0 Å². The number of aryl methyl sites for hydroxylation is 1. The highest BCUT2D eigenvalue weighted by molar-refractivity contribution is 7.89. The molecule has 6 nitrogen and oxygen atoms in total. The molecule has 1 aliphatic rings. The second kappa shape index (κ2) is 7.35. The Kier molecular flexibility index (Phi) is 5.35. The van der Waals surface area contributed by atoms with Gasteiger partial charge in [0.15, 0.2) is 5.78 Å². The summed E-state index contributed by atoms with van der Waals surface area (Å²) in [6, 6.07) is 9.24. The number of thiophene rings is 1. The molecular weight excluding hydrogens is 362 g/mol. The topological polar surface area (TPSA) is 83.9 Å². The van der Waals surface area contributed by atoms with Gasteiger partial charge in [-0.1, -0.05) is 23.8 Å². The van der Waals surface area contributed by atoms with Crippen LogP contribution in [0.25, 0.3) is 0 Å². The molecule has 2 heterocycles. The van der Waals surface area contributed by atoms with E-state index in [0.29, 0.717) is 4.88 Å². The van der Waals surface area contributed by atoms with Crippen LogP contribution in [0.3, 0.4) is 0 Å². The van der Waals surface area contributed by atoms with Crippen molar-refractivity contribution in [2.24, 2.45) is 0 Å². The number of ether oxygens (including phenoxy) is 1. The lowest BCUT2D eigenvalue weighted by Crippen LogP contribution is -2.44. The Morgan fingerprint density at radius 2 is 2.04 bits per heavy atom. The van der Waals surface area contributed by atoms with Crippen LogP contribution in [0.15, 0.2) is 46.7 Å². The predicted octanol–water partition coefficient (Wildman–Crippen LogP) is 2.04. The number of hydrogen-bond acceptors (Lipinski definition) is 6. The molecule has 2 aromatic rings. The monoisotopic (exact) mass is 381 g/mol. The molecule has 1 aromatic heterocycles. The van der Waals surface area contributed by atoms with Gasteiger partial charge in [0, 0.05) is 0 Å². The molecular formula is C17H19NO5S2. The minimum absolute atomic E-state index is 0.0595. The van der Waals surface area contributed by atoms with Crippen molar-refractivity contribution in [1.29, 1.82) is 0 Å². The Hall–Kier alpha value is -1.58. The largest absolute Gasteiger partial charge is 0.395 e. The highest BCUT2D eigenvalue weighted by Gasteiger charge is 2.43. The minimum atomic E-state index is -3.88. The summed E-state index contributed by atoms with van der Waals surface area (Å²) in [5, 5.41) is 11.3. The second-order valence-corrected chi connectivity index (χ2v) is 8.67. The number of carbonyl (C=O) groups excluding carboxylic acids is 1. The minimum Gasteiger partial charge on any atom is -0.395 e. The van der Waals surface area contributed by atoms with Gasteiger partial charge in [-0.3, -0.25) is 4.79 Å². The van der Waals surface area contributed by atoms with Crippen LogP contribution in [-0.2, 0) is 14.8 Å². The standard InChI is InChI=1S/C17H19NO5S2/c1-12-4-6-14(7-5-12)25(21,22)18-13(10-19)11-23-17(18)9-15(20)16-3-2-8-24-16/h2-8,13,17,19H,9-11H2,1H3/t13-,17-/m0/s1. The van der Waals surface area contributed by atoms with Crippen molar-refractivity contribution < 1.29 is 23.1 Å². The summed E-state index contributed by atoms with van der Waals surface area (Å²) in [5.41, 5.74) is 0.944. The number of nitrogens with zero attached hydrogens (tertiary/aromatic N) is 1. The summed E-state index contributed by atoms with van der Waals surface area (Å²) in [6.45, 7) is 1.56. The van der Waals surface area contributed by atoms with E-state index in [1.165, 1.54) is 23.5 Å². The Labute approximate surface area is 150 Å². The first-order valence-corrected chi connectivity index (χ1v) is 10.1. The van der Waals surface area contributed by atoms with E-state index in [-0.39, 0.29) is 30.3 Å². The zero-order valence-corrected chi connectivity index (χ0v) is 15.3. The van der Waals surface area contributed by atoms with Crippen molar-refractivity contribution in [2.75, 3.05) is 13.2 Å². The van der Waals surface area contributed by atoms with Crippen molar-refractivity contribution in [2.45, 2.75) is 30.5 Å². The van der Waals surface area contributed by atoms with Crippen LogP contribution in [0.2, 0.25) is 0 Å². The first-order chi connectivity index (χ1) is 11.9. The Morgan fingerprint density at radius 1 is 1.32 bits per heavy atom. The van der Waals surface area contributed by atoms with Gasteiger partial charge in [-0.25, -0.2) is 8.42 Å². The number of aliphatic hydroxyl groups is 1.